The lowest BCUT2D eigenvalue weighted by Crippen LogP contribution is -2.59. The van der Waals surface area contributed by atoms with Crippen molar-refractivity contribution in [2.24, 2.45) is 0 Å². The summed E-state index contributed by atoms with van der Waals surface area (Å²) in [4.78, 5) is 11.1. The molecule has 0 aliphatic carbocycles. The van der Waals surface area contributed by atoms with Crippen molar-refractivity contribution >= 4 is 5.97 Å². The van der Waals surface area contributed by atoms with Crippen molar-refractivity contribution in [2.45, 2.75) is 44.1 Å². The maximum absolute atomic E-state index is 11.1. The number of aliphatic hydroxyl groups is 2. The largest absolute Gasteiger partial charge is 0.451 e. The number of ether oxygens (including phenoxy) is 3. The molecule has 17 heavy (non-hydrogen) atoms. The Hall–Kier alpha value is -0.950. The highest BCUT2D eigenvalue weighted by Gasteiger charge is 2.46. The van der Waals surface area contributed by atoms with Crippen LogP contribution in [0.1, 0.15) is 13.3 Å². The van der Waals surface area contributed by atoms with Crippen LogP contribution in [0.25, 0.3) is 0 Å². The number of hydrogen-bond donors (Lipinski definition) is 2. The van der Waals surface area contributed by atoms with Crippen LogP contribution in [0, 0.1) is 0 Å². The second-order valence-corrected chi connectivity index (χ2v) is 3.77. The quantitative estimate of drug-likeness (QED) is 0.518. The SMILES string of the molecule is C=CC(=O)OC1C(OC)OC(CC)C(O)C1O. The first-order valence-corrected chi connectivity index (χ1v) is 5.42. The number of aliphatic hydroxyl groups excluding tert-OH is 2. The van der Waals surface area contributed by atoms with E-state index in [2.05, 4.69) is 6.58 Å². The van der Waals surface area contributed by atoms with Crippen LogP contribution in [0.15, 0.2) is 12.7 Å². The minimum atomic E-state index is -1.25. The summed E-state index contributed by atoms with van der Waals surface area (Å²) < 4.78 is 15.3. The van der Waals surface area contributed by atoms with Crippen LogP contribution in [-0.2, 0) is 19.0 Å². The highest BCUT2D eigenvalue weighted by atomic mass is 16.7. The lowest BCUT2D eigenvalue weighted by Gasteiger charge is -2.41. The van der Waals surface area contributed by atoms with E-state index in [1.54, 1.807) is 0 Å². The van der Waals surface area contributed by atoms with E-state index >= 15 is 0 Å². The van der Waals surface area contributed by atoms with Gasteiger partial charge in [0.25, 0.3) is 0 Å². The summed E-state index contributed by atoms with van der Waals surface area (Å²) in [6, 6.07) is 0. The van der Waals surface area contributed by atoms with Crippen molar-refractivity contribution in [1.29, 1.82) is 0 Å². The van der Waals surface area contributed by atoms with Gasteiger partial charge in [0.1, 0.15) is 12.2 Å². The maximum Gasteiger partial charge on any atom is 0.330 e. The Morgan fingerprint density at radius 2 is 2.12 bits per heavy atom. The van der Waals surface area contributed by atoms with Gasteiger partial charge in [0, 0.05) is 13.2 Å². The molecule has 1 aliphatic rings. The van der Waals surface area contributed by atoms with Gasteiger partial charge in [0.05, 0.1) is 6.10 Å². The maximum atomic E-state index is 11.1. The Morgan fingerprint density at radius 3 is 2.59 bits per heavy atom. The van der Waals surface area contributed by atoms with E-state index < -0.39 is 36.7 Å². The summed E-state index contributed by atoms with van der Waals surface area (Å²) in [5.74, 6) is -0.707. The highest BCUT2D eigenvalue weighted by Crippen LogP contribution is 2.25. The smallest absolute Gasteiger partial charge is 0.330 e. The molecule has 5 atom stereocenters. The molecule has 1 fully saturated rings. The topological polar surface area (TPSA) is 85.2 Å². The zero-order chi connectivity index (χ0) is 13.0. The Labute approximate surface area is 99.8 Å². The molecule has 0 spiro atoms. The van der Waals surface area contributed by atoms with E-state index in [0.717, 1.165) is 6.08 Å². The average Bonchev–Trinajstić information content (AvgIpc) is 2.35. The average molecular weight is 246 g/mol. The van der Waals surface area contributed by atoms with Crippen molar-refractivity contribution in [2.75, 3.05) is 7.11 Å². The summed E-state index contributed by atoms with van der Waals surface area (Å²) in [6.07, 6.45) is -3.39. The molecule has 5 unspecified atom stereocenters. The molecule has 2 N–H and O–H groups in total. The second-order valence-electron chi connectivity index (χ2n) is 3.77. The first-order chi connectivity index (χ1) is 8.04. The van der Waals surface area contributed by atoms with Gasteiger partial charge in [-0.05, 0) is 6.42 Å². The van der Waals surface area contributed by atoms with Gasteiger partial charge in [-0.3, -0.25) is 0 Å². The lowest BCUT2D eigenvalue weighted by molar-refractivity contribution is -0.293. The summed E-state index contributed by atoms with van der Waals surface area (Å²) in [6.45, 7) is 5.06. The second kappa shape index (κ2) is 6.11. The van der Waals surface area contributed by atoms with Crippen LogP contribution < -0.4 is 0 Å². The number of carbonyl (C=O) groups is 1. The molecule has 0 radical (unpaired) electrons. The Bertz CT molecular complexity index is 277. The van der Waals surface area contributed by atoms with Crippen molar-refractivity contribution in [1.82, 2.24) is 0 Å². The number of methoxy groups -OCH3 is 1. The third-order valence-corrected chi connectivity index (χ3v) is 2.70. The van der Waals surface area contributed by atoms with E-state index in [1.807, 2.05) is 6.92 Å². The van der Waals surface area contributed by atoms with E-state index in [0.29, 0.717) is 6.42 Å². The predicted molar refractivity (Wildman–Crippen MR) is 58.1 cm³/mol. The first-order valence-electron chi connectivity index (χ1n) is 5.42. The van der Waals surface area contributed by atoms with Crippen LogP contribution in [-0.4, -0.2) is 54.0 Å². The molecule has 1 saturated heterocycles. The van der Waals surface area contributed by atoms with Gasteiger partial charge in [0.2, 0.25) is 0 Å². The molecule has 1 aliphatic heterocycles. The molecular formula is C11H18O6. The van der Waals surface area contributed by atoms with Gasteiger partial charge in [-0.25, -0.2) is 4.79 Å². The van der Waals surface area contributed by atoms with E-state index in [1.165, 1.54) is 7.11 Å². The van der Waals surface area contributed by atoms with Gasteiger partial charge in [0.15, 0.2) is 12.4 Å². The fourth-order valence-electron chi connectivity index (χ4n) is 1.74. The molecule has 1 heterocycles. The summed E-state index contributed by atoms with van der Waals surface area (Å²) in [7, 11) is 1.37. The number of rotatable bonds is 4. The van der Waals surface area contributed by atoms with E-state index in [-0.39, 0.29) is 0 Å². The van der Waals surface area contributed by atoms with Gasteiger partial charge >= 0.3 is 5.97 Å². The molecule has 0 aromatic heterocycles. The monoisotopic (exact) mass is 246 g/mol. The van der Waals surface area contributed by atoms with Crippen LogP contribution in [0.2, 0.25) is 0 Å². The molecule has 0 amide bonds. The summed E-state index contributed by atoms with van der Waals surface area (Å²) in [5.41, 5.74) is 0. The molecule has 0 saturated carbocycles. The van der Waals surface area contributed by atoms with Crippen LogP contribution >= 0.6 is 0 Å². The zero-order valence-electron chi connectivity index (χ0n) is 9.91. The molecule has 0 aromatic rings. The Kier molecular flexibility index (Phi) is 5.07. The van der Waals surface area contributed by atoms with Crippen molar-refractivity contribution in [3.05, 3.63) is 12.7 Å². The third kappa shape index (κ3) is 3.04. The third-order valence-electron chi connectivity index (χ3n) is 2.70. The molecule has 1 rings (SSSR count). The van der Waals surface area contributed by atoms with Crippen LogP contribution in [0.5, 0.6) is 0 Å². The van der Waals surface area contributed by atoms with Crippen LogP contribution in [0.3, 0.4) is 0 Å². The van der Waals surface area contributed by atoms with Gasteiger partial charge in [-0.15, -0.1) is 0 Å². The number of hydrogen-bond acceptors (Lipinski definition) is 6. The van der Waals surface area contributed by atoms with Gasteiger partial charge in [-0.1, -0.05) is 13.5 Å². The standard InChI is InChI=1S/C11H18O6/c1-4-6-8(13)9(14)10(11(15-3)16-6)17-7(12)5-2/h5-6,8-11,13-14H,2,4H2,1,3H3. The zero-order valence-corrected chi connectivity index (χ0v) is 9.91. The molecule has 0 bridgehead atoms. The van der Waals surface area contributed by atoms with E-state index in [4.69, 9.17) is 14.2 Å². The Morgan fingerprint density at radius 1 is 1.47 bits per heavy atom. The molecule has 6 heteroatoms. The number of carbonyl (C=O) groups excluding carboxylic acids is 1. The van der Waals surface area contributed by atoms with Crippen molar-refractivity contribution < 1.29 is 29.2 Å². The van der Waals surface area contributed by atoms with Crippen molar-refractivity contribution in [3.63, 3.8) is 0 Å². The van der Waals surface area contributed by atoms with E-state index in [9.17, 15) is 15.0 Å². The molecule has 6 nitrogen and oxygen atoms in total. The normalized spacial score (nSPS) is 37.5. The van der Waals surface area contributed by atoms with Crippen molar-refractivity contribution in [3.8, 4) is 0 Å². The minimum absolute atomic E-state index is 0.514. The fraction of sp³-hybridized carbons (Fsp3) is 0.727. The highest BCUT2D eigenvalue weighted by molar-refractivity contribution is 5.81. The van der Waals surface area contributed by atoms with Gasteiger partial charge < -0.3 is 24.4 Å². The molecule has 0 aromatic carbocycles. The fourth-order valence-corrected chi connectivity index (χ4v) is 1.74. The number of esters is 1. The predicted octanol–water partition coefficient (Wildman–Crippen LogP) is -0.413. The minimum Gasteiger partial charge on any atom is -0.451 e. The first kappa shape index (κ1) is 14.1. The Balaban J connectivity index is 2.79. The summed E-state index contributed by atoms with van der Waals surface area (Å²) >= 11 is 0. The van der Waals surface area contributed by atoms with Gasteiger partial charge in [-0.2, -0.15) is 0 Å². The molecule has 98 valence electrons. The summed E-state index contributed by atoms with van der Waals surface area (Å²) in [5, 5.41) is 19.6. The molecular weight excluding hydrogens is 228 g/mol. The lowest BCUT2D eigenvalue weighted by atomic mass is 9.97. The van der Waals surface area contributed by atoms with Crippen LogP contribution in [0.4, 0.5) is 0 Å².